The number of imidazole rings is 1. The molecular formula is C11H10Cl2F3N3O. The Kier molecular flexibility index (Phi) is 4.43. The number of aromatic nitrogens is 2. The number of fused-ring (bicyclic) bond motifs is 1. The van der Waals surface area contributed by atoms with Crippen LogP contribution in [0.15, 0.2) is 12.1 Å². The smallest absolute Gasteiger partial charge is 0.369 e. The van der Waals surface area contributed by atoms with Crippen LogP contribution in [-0.4, -0.2) is 23.4 Å². The van der Waals surface area contributed by atoms with E-state index in [2.05, 4.69) is 10.3 Å². The fourth-order valence-corrected chi connectivity index (χ4v) is 2.07. The first-order chi connectivity index (χ1) is 9.34. The highest BCUT2D eigenvalue weighted by molar-refractivity contribution is 6.42. The first-order valence-corrected chi connectivity index (χ1v) is 6.22. The molecule has 0 saturated heterocycles. The maximum Gasteiger partial charge on any atom is 0.449 e. The van der Waals surface area contributed by atoms with Crippen molar-refractivity contribution in [3.05, 3.63) is 28.0 Å². The van der Waals surface area contributed by atoms with E-state index in [1.165, 1.54) is 19.2 Å². The number of rotatable bonds is 4. The van der Waals surface area contributed by atoms with Gasteiger partial charge in [0.1, 0.15) is 0 Å². The van der Waals surface area contributed by atoms with Crippen LogP contribution in [-0.2, 0) is 17.6 Å². The maximum absolute atomic E-state index is 13.0. The van der Waals surface area contributed by atoms with Gasteiger partial charge in [0.25, 0.3) is 0 Å². The summed E-state index contributed by atoms with van der Waals surface area (Å²) in [5.74, 6) is -1.02. The van der Waals surface area contributed by atoms with E-state index in [0.29, 0.717) is 0 Å². The Morgan fingerprint density at radius 3 is 2.55 bits per heavy atom. The van der Waals surface area contributed by atoms with Crippen LogP contribution in [0.2, 0.25) is 10.0 Å². The molecule has 0 atom stereocenters. The lowest BCUT2D eigenvalue weighted by molar-refractivity contribution is -0.147. The predicted molar refractivity (Wildman–Crippen MR) is 69.8 cm³/mol. The Labute approximate surface area is 122 Å². The quantitative estimate of drug-likeness (QED) is 0.690. The van der Waals surface area contributed by atoms with Crippen LogP contribution in [0.5, 0.6) is 0 Å². The molecule has 2 rings (SSSR count). The molecule has 0 spiro atoms. The Morgan fingerprint density at radius 1 is 1.30 bits per heavy atom. The summed E-state index contributed by atoms with van der Waals surface area (Å²) in [7, 11) is 1.43. The Hall–Kier alpha value is -1.02. The van der Waals surface area contributed by atoms with E-state index in [1.54, 1.807) is 0 Å². The van der Waals surface area contributed by atoms with Gasteiger partial charge in [-0.25, -0.2) is 4.98 Å². The van der Waals surface area contributed by atoms with Gasteiger partial charge in [0.15, 0.2) is 0 Å². The molecule has 20 heavy (non-hydrogen) atoms. The SMILES string of the molecule is COCNCn1c(C(F)(F)F)nc2cc(Cl)c(Cl)cc21. The van der Waals surface area contributed by atoms with Gasteiger partial charge in [0.2, 0.25) is 5.82 Å². The number of methoxy groups -OCH3 is 1. The maximum atomic E-state index is 13.0. The van der Waals surface area contributed by atoms with Gasteiger partial charge < -0.3 is 9.30 Å². The van der Waals surface area contributed by atoms with Crippen molar-refractivity contribution in [2.45, 2.75) is 12.8 Å². The molecular weight excluding hydrogens is 318 g/mol. The second kappa shape index (κ2) is 5.77. The molecule has 0 aliphatic carbocycles. The molecule has 0 aliphatic heterocycles. The van der Waals surface area contributed by atoms with E-state index >= 15 is 0 Å². The van der Waals surface area contributed by atoms with Crippen LogP contribution < -0.4 is 5.32 Å². The van der Waals surface area contributed by atoms with Crippen molar-refractivity contribution in [3.8, 4) is 0 Å². The number of nitrogens with one attached hydrogen (secondary N) is 1. The zero-order valence-electron chi connectivity index (χ0n) is 10.3. The first-order valence-electron chi connectivity index (χ1n) is 5.46. The van der Waals surface area contributed by atoms with E-state index in [9.17, 15) is 13.2 Å². The summed E-state index contributed by atoms with van der Waals surface area (Å²) < 4.78 is 44.7. The molecule has 1 N–H and O–H groups in total. The standard InChI is InChI=1S/C11H10Cl2F3N3O/c1-20-5-17-4-19-9-3-7(13)6(12)2-8(9)18-10(19)11(14,15)16/h2-3,17H,4-5H2,1H3. The third-order valence-electron chi connectivity index (χ3n) is 2.56. The molecule has 0 unspecified atom stereocenters. The Balaban J connectivity index is 2.56. The van der Waals surface area contributed by atoms with Crippen molar-refractivity contribution in [2.75, 3.05) is 13.8 Å². The van der Waals surface area contributed by atoms with Gasteiger partial charge in [0, 0.05) is 7.11 Å². The van der Waals surface area contributed by atoms with Crippen molar-refractivity contribution >= 4 is 34.2 Å². The van der Waals surface area contributed by atoms with Crippen molar-refractivity contribution in [3.63, 3.8) is 0 Å². The van der Waals surface area contributed by atoms with Gasteiger partial charge in [-0.05, 0) is 12.1 Å². The Morgan fingerprint density at radius 2 is 1.95 bits per heavy atom. The first kappa shape index (κ1) is 15.4. The normalized spacial score (nSPS) is 12.3. The molecule has 0 bridgehead atoms. The lowest BCUT2D eigenvalue weighted by atomic mass is 10.3. The van der Waals surface area contributed by atoms with Gasteiger partial charge >= 0.3 is 6.18 Å². The second-order valence-electron chi connectivity index (χ2n) is 3.96. The second-order valence-corrected chi connectivity index (χ2v) is 4.77. The minimum atomic E-state index is -4.58. The van der Waals surface area contributed by atoms with Crippen molar-refractivity contribution in [1.82, 2.24) is 14.9 Å². The van der Waals surface area contributed by atoms with Gasteiger partial charge in [-0.15, -0.1) is 0 Å². The Bertz CT molecular complexity index is 627. The predicted octanol–water partition coefficient (Wildman–Crippen LogP) is 3.51. The zero-order chi connectivity index (χ0) is 14.9. The van der Waals surface area contributed by atoms with Crippen LogP contribution in [0.4, 0.5) is 13.2 Å². The topological polar surface area (TPSA) is 39.1 Å². The third kappa shape index (κ3) is 3.01. The van der Waals surface area contributed by atoms with E-state index in [4.69, 9.17) is 27.9 Å². The van der Waals surface area contributed by atoms with Crippen LogP contribution in [0, 0.1) is 0 Å². The minimum Gasteiger partial charge on any atom is -0.369 e. The molecule has 0 amide bonds. The highest BCUT2D eigenvalue weighted by atomic mass is 35.5. The summed E-state index contributed by atoms with van der Waals surface area (Å²) >= 11 is 11.6. The monoisotopic (exact) mass is 327 g/mol. The molecule has 4 nitrogen and oxygen atoms in total. The van der Waals surface area contributed by atoms with E-state index in [-0.39, 0.29) is 34.5 Å². The zero-order valence-corrected chi connectivity index (χ0v) is 11.8. The highest BCUT2D eigenvalue weighted by Crippen LogP contribution is 2.34. The summed E-state index contributed by atoms with van der Waals surface area (Å²) in [5.41, 5.74) is 0.376. The number of nitrogens with zero attached hydrogens (tertiary/aromatic N) is 2. The lowest BCUT2D eigenvalue weighted by Gasteiger charge is -2.12. The van der Waals surface area contributed by atoms with Crippen LogP contribution >= 0.6 is 23.2 Å². The van der Waals surface area contributed by atoms with Gasteiger partial charge in [-0.1, -0.05) is 23.2 Å². The number of alkyl halides is 3. The summed E-state index contributed by atoms with van der Waals surface area (Å²) in [6, 6.07) is 2.66. The average Bonchev–Trinajstić information content (AvgIpc) is 2.69. The van der Waals surface area contributed by atoms with Crippen molar-refractivity contribution in [1.29, 1.82) is 0 Å². The fraction of sp³-hybridized carbons (Fsp3) is 0.364. The van der Waals surface area contributed by atoms with Gasteiger partial charge in [-0.2, -0.15) is 13.2 Å². The summed E-state index contributed by atoms with van der Waals surface area (Å²) in [6.07, 6.45) is -4.58. The number of hydrogen-bond donors (Lipinski definition) is 1. The fourth-order valence-electron chi connectivity index (χ4n) is 1.76. The molecule has 1 aromatic carbocycles. The average molecular weight is 328 g/mol. The molecule has 0 saturated carbocycles. The largest absolute Gasteiger partial charge is 0.449 e. The molecule has 0 aliphatic rings. The van der Waals surface area contributed by atoms with E-state index in [0.717, 1.165) is 4.57 Å². The summed E-state index contributed by atoms with van der Waals surface area (Å²) in [5, 5.41) is 3.02. The minimum absolute atomic E-state index is 0.109. The third-order valence-corrected chi connectivity index (χ3v) is 3.28. The molecule has 1 heterocycles. The van der Waals surface area contributed by atoms with E-state index < -0.39 is 12.0 Å². The highest BCUT2D eigenvalue weighted by Gasteiger charge is 2.37. The van der Waals surface area contributed by atoms with Crippen molar-refractivity contribution in [2.24, 2.45) is 0 Å². The molecule has 1 aromatic heterocycles. The molecule has 0 radical (unpaired) electrons. The van der Waals surface area contributed by atoms with Crippen LogP contribution in [0.1, 0.15) is 5.82 Å². The summed E-state index contributed by atoms with van der Waals surface area (Å²) in [4.78, 5) is 3.58. The number of benzene rings is 1. The number of ether oxygens (including phenoxy) is 1. The van der Waals surface area contributed by atoms with Crippen LogP contribution in [0.25, 0.3) is 11.0 Å². The summed E-state index contributed by atoms with van der Waals surface area (Å²) in [6.45, 7) is -0.00453. The number of halogens is 5. The van der Waals surface area contributed by atoms with E-state index in [1.807, 2.05) is 0 Å². The van der Waals surface area contributed by atoms with Gasteiger partial charge in [0.05, 0.1) is 34.5 Å². The van der Waals surface area contributed by atoms with Crippen LogP contribution in [0.3, 0.4) is 0 Å². The lowest BCUT2D eigenvalue weighted by Crippen LogP contribution is -2.24. The molecule has 9 heteroatoms. The van der Waals surface area contributed by atoms with Crippen molar-refractivity contribution < 1.29 is 17.9 Å². The molecule has 110 valence electrons. The van der Waals surface area contributed by atoms with Gasteiger partial charge in [-0.3, -0.25) is 5.32 Å². The molecule has 0 fully saturated rings. The molecule has 2 aromatic rings. The number of hydrogen-bond acceptors (Lipinski definition) is 3.